The third kappa shape index (κ3) is 3.91. The van der Waals surface area contributed by atoms with Crippen LogP contribution in [0.1, 0.15) is 5.56 Å². The first-order valence-corrected chi connectivity index (χ1v) is 7.66. The minimum absolute atomic E-state index is 0.182. The summed E-state index contributed by atoms with van der Waals surface area (Å²) in [6.45, 7) is 1.83. The summed E-state index contributed by atoms with van der Waals surface area (Å²) in [5.74, 6) is 0.852. The Morgan fingerprint density at radius 2 is 1.96 bits per heavy atom. The van der Waals surface area contributed by atoms with Gasteiger partial charge in [-0.25, -0.2) is 0 Å². The predicted octanol–water partition coefficient (Wildman–Crippen LogP) is 3.45. The lowest BCUT2D eigenvalue weighted by Crippen LogP contribution is -2.20. The predicted molar refractivity (Wildman–Crippen MR) is 92.1 cm³/mol. The summed E-state index contributed by atoms with van der Waals surface area (Å²) in [4.78, 5) is 16.2. The summed E-state index contributed by atoms with van der Waals surface area (Å²) >= 11 is 5.96. The standard InChI is InChI=1S/C17H15ClN4O2/c1-11-6-8-12(9-7-11)16-20-17(22-21-16)19-15(23)10-24-14-5-3-2-4-13(14)18/h2-9H,10H2,1H3,(H2,19,20,21,22,23). The van der Waals surface area contributed by atoms with E-state index in [0.29, 0.717) is 16.6 Å². The third-order valence-electron chi connectivity index (χ3n) is 3.26. The van der Waals surface area contributed by atoms with Gasteiger partial charge in [-0.05, 0) is 19.1 Å². The zero-order chi connectivity index (χ0) is 16.9. The highest BCUT2D eigenvalue weighted by Gasteiger charge is 2.10. The SMILES string of the molecule is Cc1ccc(-c2nc(NC(=O)COc3ccccc3Cl)n[nH]2)cc1. The van der Waals surface area contributed by atoms with Gasteiger partial charge in [0, 0.05) is 5.56 Å². The van der Waals surface area contributed by atoms with E-state index in [1.165, 1.54) is 0 Å². The van der Waals surface area contributed by atoms with Gasteiger partial charge >= 0.3 is 0 Å². The first kappa shape index (κ1) is 16.0. The summed E-state index contributed by atoms with van der Waals surface area (Å²) in [6.07, 6.45) is 0. The molecule has 0 fully saturated rings. The Balaban J connectivity index is 1.59. The number of para-hydroxylation sites is 1. The number of hydrogen-bond acceptors (Lipinski definition) is 4. The fraction of sp³-hybridized carbons (Fsp3) is 0.118. The fourth-order valence-corrected chi connectivity index (χ4v) is 2.21. The number of aromatic nitrogens is 3. The first-order valence-electron chi connectivity index (χ1n) is 7.28. The van der Waals surface area contributed by atoms with E-state index >= 15 is 0 Å². The van der Waals surface area contributed by atoms with Crippen molar-refractivity contribution in [2.24, 2.45) is 0 Å². The van der Waals surface area contributed by atoms with Crippen molar-refractivity contribution in [3.63, 3.8) is 0 Å². The molecule has 7 heteroatoms. The number of amides is 1. The molecule has 0 saturated heterocycles. The van der Waals surface area contributed by atoms with Gasteiger partial charge in [0.15, 0.2) is 12.4 Å². The van der Waals surface area contributed by atoms with Crippen molar-refractivity contribution in [3.8, 4) is 17.1 Å². The molecular weight excluding hydrogens is 328 g/mol. The van der Waals surface area contributed by atoms with Crippen molar-refractivity contribution in [2.45, 2.75) is 6.92 Å². The summed E-state index contributed by atoms with van der Waals surface area (Å²) in [7, 11) is 0. The van der Waals surface area contributed by atoms with E-state index < -0.39 is 0 Å². The number of H-pyrrole nitrogens is 1. The summed E-state index contributed by atoms with van der Waals surface area (Å²) in [5, 5.41) is 9.79. The molecule has 0 saturated carbocycles. The minimum atomic E-state index is -0.371. The average molecular weight is 343 g/mol. The van der Waals surface area contributed by atoms with Gasteiger partial charge in [-0.1, -0.05) is 53.6 Å². The molecule has 122 valence electrons. The third-order valence-corrected chi connectivity index (χ3v) is 3.57. The zero-order valence-electron chi connectivity index (χ0n) is 12.9. The monoisotopic (exact) mass is 342 g/mol. The summed E-state index contributed by atoms with van der Waals surface area (Å²) in [5.41, 5.74) is 2.05. The Hall–Kier alpha value is -2.86. The molecule has 0 atom stereocenters. The van der Waals surface area contributed by atoms with Crippen LogP contribution in [-0.4, -0.2) is 27.7 Å². The second-order valence-corrected chi connectivity index (χ2v) is 5.55. The molecule has 1 aromatic heterocycles. The smallest absolute Gasteiger partial charge is 0.264 e. The molecule has 0 unspecified atom stereocenters. The second kappa shape index (κ2) is 7.14. The van der Waals surface area contributed by atoms with E-state index in [4.69, 9.17) is 16.3 Å². The van der Waals surface area contributed by atoms with Crippen molar-refractivity contribution in [1.82, 2.24) is 15.2 Å². The van der Waals surface area contributed by atoms with Gasteiger partial charge in [0.1, 0.15) is 5.75 Å². The number of aryl methyl sites for hydroxylation is 1. The van der Waals surface area contributed by atoms with Crippen LogP contribution >= 0.6 is 11.6 Å². The van der Waals surface area contributed by atoms with Crippen LogP contribution in [0.15, 0.2) is 48.5 Å². The molecule has 0 aliphatic carbocycles. The van der Waals surface area contributed by atoms with Crippen molar-refractivity contribution >= 4 is 23.5 Å². The van der Waals surface area contributed by atoms with Crippen LogP contribution in [0.2, 0.25) is 5.02 Å². The highest BCUT2D eigenvalue weighted by Crippen LogP contribution is 2.23. The van der Waals surface area contributed by atoms with E-state index in [-0.39, 0.29) is 18.5 Å². The molecule has 2 aromatic carbocycles. The number of nitrogens with one attached hydrogen (secondary N) is 2. The molecule has 1 heterocycles. The number of carbonyl (C=O) groups is 1. The molecule has 0 aliphatic heterocycles. The number of hydrogen-bond donors (Lipinski definition) is 2. The maximum atomic E-state index is 11.9. The fourth-order valence-electron chi connectivity index (χ4n) is 2.02. The van der Waals surface area contributed by atoms with Crippen LogP contribution < -0.4 is 10.1 Å². The van der Waals surface area contributed by atoms with Crippen LogP contribution in [0.25, 0.3) is 11.4 Å². The molecule has 1 amide bonds. The quantitative estimate of drug-likeness (QED) is 0.744. The molecule has 6 nitrogen and oxygen atoms in total. The van der Waals surface area contributed by atoms with Crippen molar-refractivity contribution in [3.05, 3.63) is 59.1 Å². The van der Waals surface area contributed by atoms with Crippen molar-refractivity contribution < 1.29 is 9.53 Å². The van der Waals surface area contributed by atoms with Crippen LogP contribution in [0.3, 0.4) is 0 Å². The average Bonchev–Trinajstić information content (AvgIpc) is 3.03. The first-order chi connectivity index (χ1) is 11.6. The Bertz CT molecular complexity index is 846. The molecule has 2 N–H and O–H groups in total. The lowest BCUT2D eigenvalue weighted by atomic mass is 10.1. The van der Waals surface area contributed by atoms with Crippen molar-refractivity contribution in [1.29, 1.82) is 0 Å². The number of benzene rings is 2. The topological polar surface area (TPSA) is 79.9 Å². The van der Waals surface area contributed by atoms with Gasteiger partial charge in [0.2, 0.25) is 5.95 Å². The van der Waals surface area contributed by atoms with Gasteiger partial charge in [0.05, 0.1) is 5.02 Å². The Kier molecular flexibility index (Phi) is 4.77. The highest BCUT2D eigenvalue weighted by molar-refractivity contribution is 6.32. The summed E-state index contributed by atoms with van der Waals surface area (Å²) in [6, 6.07) is 14.8. The lowest BCUT2D eigenvalue weighted by molar-refractivity contribution is -0.118. The molecule has 0 radical (unpaired) electrons. The summed E-state index contributed by atoms with van der Waals surface area (Å²) < 4.78 is 5.37. The lowest BCUT2D eigenvalue weighted by Gasteiger charge is -2.06. The van der Waals surface area contributed by atoms with Gasteiger partial charge in [-0.15, -0.1) is 5.10 Å². The van der Waals surface area contributed by atoms with Crippen LogP contribution in [0.5, 0.6) is 5.75 Å². The van der Waals surface area contributed by atoms with Gasteiger partial charge in [-0.2, -0.15) is 4.98 Å². The van der Waals surface area contributed by atoms with Gasteiger partial charge < -0.3 is 4.74 Å². The maximum Gasteiger partial charge on any atom is 0.264 e. The molecule has 3 aromatic rings. The van der Waals surface area contributed by atoms with E-state index in [9.17, 15) is 4.79 Å². The molecule has 0 aliphatic rings. The number of aromatic amines is 1. The number of rotatable bonds is 5. The van der Waals surface area contributed by atoms with Crippen LogP contribution in [0.4, 0.5) is 5.95 Å². The molecule has 0 bridgehead atoms. The number of anilines is 1. The number of carbonyl (C=O) groups excluding carboxylic acids is 1. The van der Waals surface area contributed by atoms with E-state index in [2.05, 4.69) is 20.5 Å². The minimum Gasteiger partial charge on any atom is -0.482 e. The van der Waals surface area contributed by atoms with E-state index in [0.717, 1.165) is 11.1 Å². The van der Waals surface area contributed by atoms with Gasteiger partial charge in [0.25, 0.3) is 5.91 Å². The zero-order valence-corrected chi connectivity index (χ0v) is 13.7. The Labute approximate surface area is 143 Å². The second-order valence-electron chi connectivity index (χ2n) is 5.14. The van der Waals surface area contributed by atoms with Crippen LogP contribution in [-0.2, 0) is 4.79 Å². The molecule has 3 rings (SSSR count). The van der Waals surface area contributed by atoms with Crippen molar-refractivity contribution in [2.75, 3.05) is 11.9 Å². The molecule has 0 spiro atoms. The number of halogens is 1. The molecule has 24 heavy (non-hydrogen) atoms. The number of nitrogens with zero attached hydrogens (tertiary/aromatic N) is 2. The van der Waals surface area contributed by atoms with E-state index in [1.54, 1.807) is 24.3 Å². The van der Waals surface area contributed by atoms with Crippen LogP contribution in [0, 0.1) is 6.92 Å². The number of ether oxygens (including phenoxy) is 1. The Morgan fingerprint density at radius 1 is 1.21 bits per heavy atom. The maximum absolute atomic E-state index is 11.9. The normalized spacial score (nSPS) is 10.4. The van der Waals surface area contributed by atoms with Gasteiger partial charge in [-0.3, -0.25) is 15.2 Å². The molecular formula is C17H15ClN4O2. The largest absolute Gasteiger partial charge is 0.482 e. The highest BCUT2D eigenvalue weighted by atomic mass is 35.5. The Morgan fingerprint density at radius 3 is 2.71 bits per heavy atom. The van der Waals surface area contributed by atoms with E-state index in [1.807, 2.05) is 31.2 Å².